The van der Waals surface area contributed by atoms with Crippen molar-refractivity contribution in [2.24, 2.45) is 5.10 Å². The summed E-state index contributed by atoms with van der Waals surface area (Å²) >= 11 is 0. The number of carbonyl (C=O) groups is 1. The van der Waals surface area contributed by atoms with Crippen molar-refractivity contribution in [2.75, 3.05) is 6.54 Å². The van der Waals surface area contributed by atoms with Gasteiger partial charge in [-0.2, -0.15) is 5.10 Å². The summed E-state index contributed by atoms with van der Waals surface area (Å²) in [6.07, 6.45) is 0.812. The normalized spacial score (nSPS) is 14.8. The molecule has 4 nitrogen and oxygen atoms in total. The Morgan fingerprint density at radius 2 is 2.19 bits per heavy atom. The lowest BCUT2D eigenvalue weighted by molar-refractivity contribution is -0.117. The van der Waals surface area contributed by atoms with E-state index in [0.29, 0.717) is 0 Å². The second kappa shape index (κ2) is 4.79. The first-order valence-corrected chi connectivity index (χ1v) is 5.38. The Bertz CT molecular complexity index is 400. The Morgan fingerprint density at radius 1 is 1.44 bits per heavy atom. The largest absolute Gasteiger partial charge is 0.313 e. The van der Waals surface area contributed by atoms with Crippen LogP contribution in [0.1, 0.15) is 18.9 Å². The highest BCUT2D eigenvalue weighted by Crippen LogP contribution is 2.10. The average Bonchev–Trinajstić information content (AvgIpc) is 2.66. The minimum atomic E-state index is -0.0553. The van der Waals surface area contributed by atoms with Gasteiger partial charge in [-0.3, -0.25) is 9.80 Å². The number of benzene rings is 1. The van der Waals surface area contributed by atoms with Gasteiger partial charge in [0, 0.05) is 19.9 Å². The highest BCUT2D eigenvalue weighted by Gasteiger charge is 2.14. The number of rotatable bonds is 2. The second-order valence-corrected chi connectivity index (χ2v) is 3.85. The second-order valence-electron chi connectivity index (χ2n) is 3.85. The van der Waals surface area contributed by atoms with Gasteiger partial charge in [0.1, 0.15) is 5.84 Å². The molecular formula is C12H15N3O. The van der Waals surface area contributed by atoms with Crippen LogP contribution in [-0.4, -0.2) is 23.3 Å². The molecule has 0 saturated heterocycles. The summed E-state index contributed by atoms with van der Waals surface area (Å²) in [5.41, 5.74) is 1.23. The number of hydrogen-bond donors (Lipinski definition) is 1. The summed E-state index contributed by atoms with van der Waals surface area (Å²) in [5.74, 6) is 0.712. The molecule has 0 fully saturated rings. The lowest BCUT2D eigenvalue weighted by atomic mass is 10.2. The van der Waals surface area contributed by atoms with Gasteiger partial charge in [0.25, 0.3) is 0 Å². The summed E-state index contributed by atoms with van der Waals surface area (Å²) in [5, 5.41) is 9.04. The van der Waals surface area contributed by atoms with Gasteiger partial charge in [0.05, 0.1) is 6.54 Å². The number of nitrogens with zero attached hydrogens (tertiary/aromatic N) is 2. The van der Waals surface area contributed by atoms with E-state index in [-0.39, 0.29) is 5.91 Å². The van der Waals surface area contributed by atoms with Crippen molar-refractivity contribution in [2.45, 2.75) is 19.9 Å². The molecule has 0 spiro atoms. The zero-order valence-electron chi connectivity index (χ0n) is 9.31. The molecule has 0 radical (unpaired) electrons. The third-order valence-corrected chi connectivity index (χ3v) is 2.40. The third kappa shape index (κ3) is 2.82. The topological polar surface area (TPSA) is 44.7 Å². The van der Waals surface area contributed by atoms with E-state index in [1.54, 1.807) is 0 Å². The summed E-state index contributed by atoms with van der Waals surface area (Å²) < 4.78 is 0. The Balaban J connectivity index is 1.93. The molecule has 0 aromatic heterocycles. The van der Waals surface area contributed by atoms with Crippen LogP contribution in [-0.2, 0) is 11.3 Å². The smallest absolute Gasteiger partial charge is 0.222 e. The summed E-state index contributed by atoms with van der Waals surface area (Å²) in [4.78, 5) is 10.9. The molecule has 1 aliphatic rings. The number of amides is 1. The lowest BCUT2D eigenvalue weighted by Gasteiger charge is -2.12. The molecule has 1 heterocycles. The zero-order chi connectivity index (χ0) is 11.4. The predicted octanol–water partition coefficient (Wildman–Crippen LogP) is 1.34. The Labute approximate surface area is 95.0 Å². The molecule has 84 valence electrons. The predicted molar refractivity (Wildman–Crippen MR) is 62.7 cm³/mol. The van der Waals surface area contributed by atoms with Crippen molar-refractivity contribution >= 4 is 11.7 Å². The van der Waals surface area contributed by atoms with E-state index in [0.717, 1.165) is 25.3 Å². The summed E-state index contributed by atoms with van der Waals surface area (Å²) in [6.45, 7) is 3.16. The molecule has 2 rings (SSSR count). The van der Waals surface area contributed by atoms with E-state index in [4.69, 9.17) is 0 Å². The van der Waals surface area contributed by atoms with Crippen LogP contribution in [0.4, 0.5) is 0 Å². The van der Waals surface area contributed by atoms with Crippen molar-refractivity contribution in [1.29, 1.82) is 0 Å². The quantitative estimate of drug-likeness (QED) is 0.812. The van der Waals surface area contributed by atoms with Crippen molar-refractivity contribution in [1.82, 2.24) is 10.3 Å². The zero-order valence-corrected chi connectivity index (χ0v) is 9.31. The fourth-order valence-electron chi connectivity index (χ4n) is 1.70. The van der Waals surface area contributed by atoms with Crippen LogP contribution in [0, 0.1) is 0 Å². The Morgan fingerprint density at radius 3 is 2.88 bits per heavy atom. The van der Waals surface area contributed by atoms with Gasteiger partial charge in [-0.15, -0.1) is 0 Å². The van der Waals surface area contributed by atoms with Gasteiger partial charge < -0.3 is 5.32 Å². The average molecular weight is 217 g/mol. The fraction of sp³-hybridized carbons (Fsp3) is 0.333. The first-order valence-electron chi connectivity index (χ1n) is 5.38. The first-order chi connectivity index (χ1) is 7.74. The number of carbonyl (C=O) groups excluding carboxylic acids is 1. The van der Waals surface area contributed by atoms with Crippen LogP contribution in [0.25, 0.3) is 0 Å². The van der Waals surface area contributed by atoms with E-state index in [1.807, 2.05) is 23.2 Å². The summed E-state index contributed by atoms with van der Waals surface area (Å²) in [7, 11) is 0. The van der Waals surface area contributed by atoms with Gasteiger partial charge in [0.2, 0.25) is 5.91 Å². The monoisotopic (exact) mass is 217 g/mol. The van der Waals surface area contributed by atoms with Crippen LogP contribution in [0.3, 0.4) is 0 Å². The van der Waals surface area contributed by atoms with Crippen molar-refractivity contribution < 1.29 is 4.79 Å². The highest BCUT2D eigenvalue weighted by atomic mass is 16.1. The van der Waals surface area contributed by atoms with E-state index in [1.165, 1.54) is 12.5 Å². The van der Waals surface area contributed by atoms with Crippen LogP contribution in [0.15, 0.2) is 35.4 Å². The molecule has 1 N–H and O–H groups in total. The molecule has 4 heteroatoms. The maximum atomic E-state index is 10.9. The molecule has 1 aliphatic heterocycles. The van der Waals surface area contributed by atoms with Crippen LogP contribution in [0.2, 0.25) is 0 Å². The van der Waals surface area contributed by atoms with Crippen molar-refractivity contribution in [3.8, 4) is 0 Å². The first kappa shape index (κ1) is 10.7. The SMILES string of the molecule is CC(=O)NC1=NN(Cc2ccccc2)CC1. The van der Waals surface area contributed by atoms with Gasteiger partial charge in [-0.25, -0.2) is 0 Å². The molecular weight excluding hydrogens is 202 g/mol. The molecule has 0 atom stereocenters. The minimum absolute atomic E-state index is 0.0553. The molecule has 1 aromatic carbocycles. The van der Waals surface area contributed by atoms with Crippen molar-refractivity contribution in [3.63, 3.8) is 0 Å². The van der Waals surface area contributed by atoms with Gasteiger partial charge in [-0.1, -0.05) is 30.3 Å². The Hall–Kier alpha value is -1.84. The molecule has 1 amide bonds. The van der Waals surface area contributed by atoms with E-state index >= 15 is 0 Å². The maximum Gasteiger partial charge on any atom is 0.222 e. The van der Waals surface area contributed by atoms with Crippen LogP contribution >= 0.6 is 0 Å². The number of amidine groups is 1. The standard InChI is InChI=1S/C12H15N3O/c1-10(16)13-12-7-8-15(14-12)9-11-5-3-2-4-6-11/h2-6H,7-9H2,1H3,(H,13,14,16). The Kier molecular flexibility index (Phi) is 3.19. The molecule has 16 heavy (non-hydrogen) atoms. The van der Waals surface area contributed by atoms with Crippen LogP contribution in [0.5, 0.6) is 0 Å². The van der Waals surface area contributed by atoms with E-state index in [9.17, 15) is 4.79 Å². The third-order valence-electron chi connectivity index (χ3n) is 2.40. The number of nitrogens with one attached hydrogen (secondary N) is 1. The molecule has 0 saturated carbocycles. The molecule has 0 aliphatic carbocycles. The fourth-order valence-corrected chi connectivity index (χ4v) is 1.70. The maximum absolute atomic E-state index is 10.9. The van der Waals surface area contributed by atoms with E-state index < -0.39 is 0 Å². The minimum Gasteiger partial charge on any atom is -0.313 e. The van der Waals surface area contributed by atoms with Gasteiger partial charge in [-0.05, 0) is 5.56 Å². The summed E-state index contributed by atoms with van der Waals surface area (Å²) in [6, 6.07) is 10.2. The van der Waals surface area contributed by atoms with Gasteiger partial charge >= 0.3 is 0 Å². The van der Waals surface area contributed by atoms with Crippen molar-refractivity contribution in [3.05, 3.63) is 35.9 Å². The van der Waals surface area contributed by atoms with E-state index in [2.05, 4.69) is 22.6 Å². The number of hydrazone groups is 1. The highest BCUT2D eigenvalue weighted by molar-refractivity contribution is 5.97. The lowest BCUT2D eigenvalue weighted by Crippen LogP contribution is -2.26. The molecule has 0 bridgehead atoms. The van der Waals surface area contributed by atoms with Crippen LogP contribution < -0.4 is 5.32 Å². The van der Waals surface area contributed by atoms with Gasteiger partial charge in [0.15, 0.2) is 0 Å². The molecule has 1 aromatic rings. The molecule has 0 unspecified atom stereocenters. The number of hydrogen-bond acceptors (Lipinski definition) is 3.